The molecule has 2 N–H and O–H groups in total. The van der Waals surface area contributed by atoms with Crippen molar-refractivity contribution in [3.63, 3.8) is 0 Å². The molecule has 26 heavy (non-hydrogen) atoms. The lowest BCUT2D eigenvalue weighted by Crippen LogP contribution is -2.38. The third-order valence-electron chi connectivity index (χ3n) is 5.54. The molecule has 2 aliphatic rings. The number of rotatable bonds is 1. The van der Waals surface area contributed by atoms with Crippen LogP contribution in [0, 0.1) is 11.3 Å². The van der Waals surface area contributed by atoms with E-state index in [0.29, 0.717) is 21.4 Å². The van der Waals surface area contributed by atoms with Crippen molar-refractivity contribution in [1.82, 2.24) is 5.32 Å². The highest BCUT2D eigenvalue weighted by molar-refractivity contribution is 7.16. The molecule has 0 saturated heterocycles. The number of benzene rings is 1. The van der Waals surface area contributed by atoms with Gasteiger partial charge in [0.2, 0.25) is 0 Å². The molecule has 0 spiro atoms. The Morgan fingerprint density at radius 1 is 1.15 bits per heavy atom. The Morgan fingerprint density at radius 3 is 2.62 bits per heavy atom. The van der Waals surface area contributed by atoms with Crippen LogP contribution in [0.2, 0.25) is 10.0 Å². The molecule has 1 amide bonds. The van der Waals surface area contributed by atoms with Crippen LogP contribution in [0.4, 0.5) is 5.00 Å². The summed E-state index contributed by atoms with van der Waals surface area (Å²) in [5, 5.41) is 8.53. The van der Waals surface area contributed by atoms with E-state index in [1.54, 1.807) is 23.5 Å². The van der Waals surface area contributed by atoms with Gasteiger partial charge in [-0.3, -0.25) is 4.79 Å². The average molecular weight is 409 g/mol. The number of carbonyl (C=O) groups excluding carboxylic acids is 1. The zero-order valence-corrected chi connectivity index (χ0v) is 17.4. The molecule has 3 nitrogen and oxygen atoms in total. The summed E-state index contributed by atoms with van der Waals surface area (Å²) in [6.07, 6.45) is 2.89. The van der Waals surface area contributed by atoms with Crippen LogP contribution in [-0.4, -0.2) is 5.91 Å². The van der Waals surface area contributed by atoms with Crippen molar-refractivity contribution in [2.45, 2.75) is 46.2 Å². The summed E-state index contributed by atoms with van der Waals surface area (Å²) in [6.45, 7) is 6.92. The molecule has 1 aliphatic heterocycles. The quantitative estimate of drug-likeness (QED) is 0.601. The van der Waals surface area contributed by atoms with E-state index in [-0.39, 0.29) is 12.1 Å². The van der Waals surface area contributed by atoms with Crippen LogP contribution < -0.4 is 10.6 Å². The Labute approximate surface area is 168 Å². The zero-order valence-electron chi connectivity index (χ0n) is 15.1. The maximum absolute atomic E-state index is 12.8. The van der Waals surface area contributed by atoms with Crippen LogP contribution in [0.1, 0.15) is 59.7 Å². The van der Waals surface area contributed by atoms with E-state index in [9.17, 15) is 4.79 Å². The van der Waals surface area contributed by atoms with E-state index in [1.807, 2.05) is 6.07 Å². The molecule has 6 heteroatoms. The van der Waals surface area contributed by atoms with Gasteiger partial charge in [0.15, 0.2) is 0 Å². The standard InChI is InChI=1S/C20H22Cl2N2OS/c1-20(2,3)11-5-6-12-15(9-11)26-19-16(12)18(25)23-17(24-19)10-4-7-13(21)14(22)8-10/h4,7-8,11,17,24H,5-6,9H2,1-3H3,(H,23,25)/t11-,17+/m0/s1. The summed E-state index contributed by atoms with van der Waals surface area (Å²) in [6, 6.07) is 5.45. The van der Waals surface area contributed by atoms with Gasteiger partial charge in [-0.1, -0.05) is 50.0 Å². The van der Waals surface area contributed by atoms with Crippen LogP contribution in [0.15, 0.2) is 18.2 Å². The van der Waals surface area contributed by atoms with Crippen molar-refractivity contribution in [2.75, 3.05) is 5.32 Å². The minimum absolute atomic E-state index is 0.00142. The lowest BCUT2D eigenvalue weighted by Gasteiger charge is -2.34. The Balaban J connectivity index is 1.65. The molecule has 2 aromatic rings. The molecule has 1 aromatic carbocycles. The van der Waals surface area contributed by atoms with Crippen LogP contribution in [0.25, 0.3) is 0 Å². The fourth-order valence-electron chi connectivity index (χ4n) is 3.90. The van der Waals surface area contributed by atoms with Crippen molar-refractivity contribution in [3.05, 3.63) is 49.8 Å². The smallest absolute Gasteiger partial charge is 0.256 e. The number of carbonyl (C=O) groups is 1. The number of amides is 1. The summed E-state index contributed by atoms with van der Waals surface area (Å²) in [4.78, 5) is 14.2. The van der Waals surface area contributed by atoms with Gasteiger partial charge < -0.3 is 10.6 Å². The SMILES string of the molecule is CC(C)(C)[C@H]1CCc2c(sc3c2C(=O)N[C@@H](c2ccc(Cl)c(Cl)c2)N3)C1. The lowest BCUT2D eigenvalue weighted by atomic mass is 9.72. The summed E-state index contributed by atoms with van der Waals surface area (Å²) in [5.74, 6) is 0.658. The van der Waals surface area contributed by atoms with Crippen LogP contribution in [-0.2, 0) is 12.8 Å². The highest BCUT2D eigenvalue weighted by atomic mass is 35.5. The number of thiophene rings is 1. The molecule has 2 atom stereocenters. The molecule has 2 heterocycles. The summed E-state index contributed by atoms with van der Waals surface area (Å²) >= 11 is 13.9. The van der Waals surface area contributed by atoms with E-state index >= 15 is 0 Å². The minimum atomic E-state index is -0.289. The van der Waals surface area contributed by atoms with Crippen LogP contribution in [0.3, 0.4) is 0 Å². The molecule has 1 aromatic heterocycles. The van der Waals surface area contributed by atoms with Gasteiger partial charge in [0.25, 0.3) is 5.91 Å². The van der Waals surface area contributed by atoms with Crippen LogP contribution in [0.5, 0.6) is 0 Å². The average Bonchev–Trinajstić information content (AvgIpc) is 2.94. The highest BCUT2D eigenvalue weighted by Crippen LogP contribution is 2.46. The number of halogens is 2. The first-order valence-corrected chi connectivity index (χ1v) is 10.5. The molecule has 0 radical (unpaired) electrons. The van der Waals surface area contributed by atoms with E-state index in [0.717, 1.165) is 35.4 Å². The summed E-state index contributed by atoms with van der Waals surface area (Å²) in [5.41, 5.74) is 3.27. The van der Waals surface area contributed by atoms with E-state index in [1.165, 1.54) is 10.4 Å². The van der Waals surface area contributed by atoms with Gasteiger partial charge in [-0.2, -0.15) is 0 Å². The number of hydrogen-bond acceptors (Lipinski definition) is 3. The molecule has 0 saturated carbocycles. The van der Waals surface area contributed by atoms with Gasteiger partial charge in [0.1, 0.15) is 11.2 Å². The van der Waals surface area contributed by atoms with Gasteiger partial charge in [-0.25, -0.2) is 0 Å². The van der Waals surface area contributed by atoms with Gasteiger partial charge in [-0.15, -0.1) is 11.3 Å². The number of fused-ring (bicyclic) bond motifs is 3. The van der Waals surface area contributed by atoms with Crippen molar-refractivity contribution in [3.8, 4) is 0 Å². The van der Waals surface area contributed by atoms with Gasteiger partial charge in [0, 0.05) is 4.88 Å². The van der Waals surface area contributed by atoms with E-state index < -0.39 is 0 Å². The van der Waals surface area contributed by atoms with Crippen molar-refractivity contribution < 1.29 is 4.79 Å². The molecular formula is C20H22Cl2N2OS. The number of nitrogens with one attached hydrogen (secondary N) is 2. The third kappa shape index (κ3) is 3.12. The van der Waals surface area contributed by atoms with Gasteiger partial charge in [-0.05, 0) is 53.9 Å². The summed E-state index contributed by atoms with van der Waals surface area (Å²) < 4.78 is 0. The second kappa shape index (κ2) is 6.43. The normalized spacial score (nSPS) is 22.3. The minimum Gasteiger partial charge on any atom is -0.353 e. The number of hydrogen-bond donors (Lipinski definition) is 2. The second-order valence-corrected chi connectivity index (χ2v) is 10.2. The maximum Gasteiger partial charge on any atom is 0.256 e. The largest absolute Gasteiger partial charge is 0.353 e. The predicted molar refractivity (Wildman–Crippen MR) is 110 cm³/mol. The van der Waals surface area contributed by atoms with Crippen molar-refractivity contribution in [1.29, 1.82) is 0 Å². The number of anilines is 1. The van der Waals surface area contributed by atoms with Gasteiger partial charge in [0.05, 0.1) is 15.6 Å². The fraction of sp³-hybridized carbons (Fsp3) is 0.450. The Bertz CT molecular complexity index is 885. The maximum atomic E-state index is 12.8. The van der Waals surface area contributed by atoms with Crippen LogP contribution >= 0.6 is 34.5 Å². The Hall–Kier alpha value is -1.23. The molecule has 0 unspecified atom stereocenters. The summed E-state index contributed by atoms with van der Waals surface area (Å²) in [7, 11) is 0. The highest BCUT2D eigenvalue weighted by Gasteiger charge is 2.36. The third-order valence-corrected chi connectivity index (χ3v) is 7.47. The second-order valence-electron chi connectivity index (χ2n) is 8.24. The molecule has 0 fully saturated rings. The van der Waals surface area contributed by atoms with Gasteiger partial charge >= 0.3 is 0 Å². The molecule has 4 rings (SSSR count). The van der Waals surface area contributed by atoms with E-state index in [4.69, 9.17) is 23.2 Å². The Morgan fingerprint density at radius 2 is 1.92 bits per heavy atom. The molecule has 0 bridgehead atoms. The molecule has 1 aliphatic carbocycles. The van der Waals surface area contributed by atoms with E-state index in [2.05, 4.69) is 31.4 Å². The monoisotopic (exact) mass is 408 g/mol. The predicted octanol–water partition coefficient (Wildman–Crippen LogP) is 6.06. The molecule has 138 valence electrons. The zero-order chi connectivity index (χ0) is 18.6. The lowest BCUT2D eigenvalue weighted by molar-refractivity contribution is 0.0935. The van der Waals surface area contributed by atoms with Crippen molar-refractivity contribution in [2.24, 2.45) is 11.3 Å². The van der Waals surface area contributed by atoms with Crippen molar-refractivity contribution >= 4 is 45.4 Å². The molecular weight excluding hydrogens is 387 g/mol. The fourth-order valence-corrected chi connectivity index (χ4v) is 5.56. The first kappa shape index (κ1) is 18.1. The topological polar surface area (TPSA) is 41.1 Å². The first-order chi connectivity index (χ1) is 12.2. The first-order valence-electron chi connectivity index (χ1n) is 8.91. The Kier molecular flexibility index (Phi) is 4.49.